The van der Waals surface area contributed by atoms with E-state index in [9.17, 15) is 4.39 Å². The van der Waals surface area contributed by atoms with E-state index in [0.717, 1.165) is 13.1 Å². The molecule has 1 aliphatic heterocycles. The van der Waals surface area contributed by atoms with Gasteiger partial charge in [-0.05, 0) is 31.4 Å². The maximum absolute atomic E-state index is 14.1. The van der Waals surface area contributed by atoms with Gasteiger partial charge in [0.25, 0.3) is 0 Å². The quantitative estimate of drug-likeness (QED) is 0.885. The van der Waals surface area contributed by atoms with E-state index in [1.807, 2.05) is 0 Å². The Kier molecular flexibility index (Phi) is 4.67. The number of hydrogen-bond donors (Lipinski definition) is 1. The van der Waals surface area contributed by atoms with E-state index >= 15 is 0 Å². The van der Waals surface area contributed by atoms with Crippen LogP contribution in [-0.4, -0.2) is 29.6 Å². The first-order valence-corrected chi connectivity index (χ1v) is 7.90. The van der Waals surface area contributed by atoms with Gasteiger partial charge in [0.15, 0.2) is 0 Å². The Morgan fingerprint density at radius 3 is 2.62 bits per heavy atom. The van der Waals surface area contributed by atoms with Crippen LogP contribution >= 0.6 is 11.6 Å². The van der Waals surface area contributed by atoms with E-state index in [1.54, 1.807) is 12.1 Å². The van der Waals surface area contributed by atoms with Crippen LogP contribution in [0.3, 0.4) is 0 Å². The first kappa shape index (κ1) is 16.7. The molecule has 0 aliphatic carbocycles. The van der Waals surface area contributed by atoms with Crippen LogP contribution < -0.4 is 5.32 Å². The van der Waals surface area contributed by atoms with Crippen molar-refractivity contribution in [3.05, 3.63) is 34.6 Å². The minimum absolute atomic E-state index is 0.0273. The third-order valence-corrected chi connectivity index (χ3v) is 4.59. The molecule has 1 atom stereocenters. The van der Waals surface area contributed by atoms with Gasteiger partial charge in [-0.25, -0.2) is 4.39 Å². The molecule has 1 aromatic rings. The zero-order valence-electron chi connectivity index (χ0n) is 13.6. The van der Waals surface area contributed by atoms with Crippen LogP contribution in [0.15, 0.2) is 18.2 Å². The first-order chi connectivity index (χ1) is 9.60. The molecule has 4 heteroatoms. The summed E-state index contributed by atoms with van der Waals surface area (Å²) in [5, 5.41) is 4.10. The van der Waals surface area contributed by atoms with Gasteiger partial charge in [-0.3, -0.25) is 4.90 Å². The molecule has 0 radical (unpaired) electrons. The van der Waals surface area contributed by atoms with Crippen LogP contribution in [0.1, 0.15) is 40.2 Å². The zero-order valence-corrected chi connectivity index (χ0v) is 14.4. The lowest BCUT2D eigenvalue weighted by Crippen LogP contribution is -2.64. The van der Waals surface area contributed by atoms with Crippen LogP contribution in [0.2, 0.25) is 5.02 Å². The second-order valence-corrected chi connectivity index (χ2v) is 8.16. The number of halogens is 2. The van der Waals surface area contributed by atoms with E-state index in [1.165, 1.54) is 6.07 Å². The smallest absolute Gasteiger partial charge is 0.129 e. The Morgan fingerprint density at radius 1 is 1.38 bits per heavy atom. The summed E-state index contributed by atoms with van der Waals surface area (Å²) in [7, 11) is 0. The van der Waals surface area contributed by atoms with Gasteiger partial charge < -0.3 is 5.32 Å². The van der Waals surface area contributed by atoms with Gasteiger partial charge >= 0.3 is 0 Å². The second-order valence-electron chi connectivity index (χ2n) is 7.75. The molecule has 21 heavy (non-hydrogen) atoms. The average molecular weight is 313 g/mol. The van der Waals surface area contributed by atoms with Gasteiger partial charge in [0, 0.05) is 41.8 Å². The van der Waals surface area contributed by atoms with Gasteiger partial charge in [-0.15, -0.1) is 0 Å². The molecule has 1 fully saturated rings. The van der Waals surface area contributed by atoms with E-state index in [4.69, 9.17) is 11.6 Å². The normalized spacial score (nSPS) is 23.3. The Labute approximate surface area is 132 Å². The topological polar surface area (TPSA) is 15.3 Å². The molecular formula is C17H26ClFN2. The van der Waals surface area contributed by atoms with Crippen LogP contribution in [-0.2, 0) is 6.54 Å². The highest BCUT2D eigenvalue weighted by Gasteiger charge is 2.38. The third-order valence-electron chi connectivity index (χ3n) is 4.24. The van der Waals surface area contributed by atoms with Gasteiger partial charge in [0.1, 0.15) is 5.82 Å². The molecule has 2 nitrogen and oxygen atoms in total. The van der Waals surface area contributed by atoms with Crippen LogP contribution in [0.4, 0.5) is 4.39 Å². The van der Waals surface area contributed by atoms with Crippen molar-refractivity contribution in [1.29, 1.82) is 0 Å². The molecule has 0 saturated carbocycles. The van der Waals surface area contributed by atoms with Crippen molar-refractivity contribution in [2.45, 2.75) is 52.7 Å². The molecule has 0 aromatic heterocycles. The van der Waals surface area contributed by atoms with Crippen LogP contribution in [0, 0.1) is 11.2 Å². The highest BCUT2D eigenvalue weighted by molar-refractivity contribution is 6.31. The monoisotopic (exact) mass is 312 g/mol. The Balaban J connectivity index is 2.28. The van der Waals surface area contributed by atoms with E-state index in [2.05, 4.69) is 44.8 Å². The average Bonchev–Trinajstić information content (AvgIpc) is 2.31. The van der Waals surface area contributed by atoms with Crippen molar-refractivity contribution >= 4 is 11.6 Å². The lowest BCUT2D eigenvalue weighted by Gasteiger charge is -2.49. The minimum atomic E-state index is -0.216. The summed E-state index contributed by atoms with van der Waals surface area (Å²) in [6.45, 7) is 13.4. The maximum atomic E-state index is 14.1. The summed E-state index contributed by atoms with van der Waals surface area (Å²) >= 11 is 6.20. The fourth-order valence-electron chi connectivity index (χ4n) is 3.08. The minimum Gasteiger partial charge on any atom is -0.309 e. The standard InChI is InChI=1S/C17H26ClFN2/c1-16(2,3)15-9-20-17(4,5)11-21(15)10-12-13(18)7-6-8-14(12)19/h6-8,15,20H,9-11H2,1-5H3. The Morgan fingerprint density at radius 2 is 2.05 bits per heavy atom. The van der Waals surface area contributed by atoms with Gasteiger partial charge in [-0.2, -0.15) is 0 Å². The lowest BCUT2D eigenvalue weighted by molar-refractivity contribution is 0.0265. The van der Waals surface area contributed by atoms with Crippen LogP contribution in [0.25, 0.3) is 0 Å². The fourth-order valence-corrected chi connectivity index (χ4v) is 3.31. The molecule has 2 rings (SSSR count). The summed E-state index contributed by atoms with van der Waals surface area (Å²) in [4.78, 5) is 2.36. The molecule has 118 valence electrons. The van der Waals surface area contributed by atoms with Crippen molar-refractivity contribution < 1.29 is 4.39 Å². The van der Waals surface area contributed by atoms with Gasteiger partial charge in [0.05, 0.1) is 0 Å². The zero-order chi connectivity index (χ0) is 15.8. The summed E-state index contributed by atoms with van der Waals surface area (Å²) in [6, 6.07) is 5.26. The van der Waals surface area contributed by atoms with Gasteiger partial charge in [-0.1, -0.05) is 38.4 Å². The Bertz CT molecular complexity index is 488. The van der Waals surface area contributed by atoms with E-state index in [-0.39, 0.29) is 16.8 Å². The van der Waals surface area contributed by atoms with Crippen molar-refractivity contribution in [2.24, 2.45) is 5.41 Å². The SMILES string of the molecule is CC1(C)CN(Cc2c(F)cccc2Cl)C(C(C)(C)C)CN1. The van der Waals surface area contributed by atoms with E-state index in [0.29, 0.717) is 23.2 Å². The number of hydrogen-bond acceptors (Lipinski definition) is 2. The molecule has 0 spiro atoms. The highest BCUT2D eigenvalue weighted by Crippen LogP contribution is 2.31. The van der Waals surface area contributed by atoms with Crippen molar-refractivity contribution in [1.82, 2.24) is 10.2 Å². The molecule has 1 heterocycles. The summed E-state index contributed by atoms with van der Waals surface area (Å²) < 4.78 is 14.1. The molecule has 0 amide bonds. The number of piperazine rings is 1. The third kappa shape index (κ3) is 3.97. The van der Waals surface area contributed by atoms with E-state index < -0.39 is 0 Å². The number of benzene rings is 1. The molecule has 1 saturated heterocycles. The second kappa shape index (κ2) is 5.86. The molecule has 1 aliphatic rings. The Hall–Kier alpha value is -0.640. The summed E-state index contributed by atoms with van der Waals surface area (Å²) in [5.74, 6) is -0.216. The number of nitrogens with one attached hydrogen (secondary N) is 1. The molecule has 0 bridgehead atoms. The van der Waals surface area contributed by atoms with Gasteiger partial charge in [0.2, 0.25) is 0 Å². The molecule has 1 N–H and O–H groups in total. The molecule has 1 aromatic carbocycles. The van der Waals surface area contributed by atoms with Crippen molar-refractivity contribution in [3.63, 3.8) is 0 Å². The first-order valence-electron chi connectivity index (χ1n) is 7.52. The summed E-state index contributed by atoms with van der Waals surface area (Å²) in [6.07, 6.45) is 0. The van der Waals surface area contributed by atoms with Crippen LogP contribution in [0.5, 0.6) is 0 Å². The predicted octanol–water partition coefficient (Wildman–Crippen LogP) is 4.08. The van der Waals surface area contributed by atoms with Crippen molar-refractivity contribution in [3.8, 4) is 0 Å². The molecule has 1 unspecified atom stereocenters. The highest BCUT2D eigenvalue weighted by atomic mass is 35.5. The van der Waals surface area contributed by atoms with Crippen molar-refractivity contribution in [2.75, 3.05) is 13.1 Å². The summed E-state index contributed by atoms with van der Waals surface area (Å²) in [5.41, 5.74) is 0.756. The number of rotatable bonds is 2. The fraction of sp³-hybridized carbons (Fsp3) is 0.647. The predicted molar refractivity (Wildman–Crippen MR) is 87.1 cm³/mol. The lowest BCUT2D eigenvalue weighted by atomic mass is 9.82. The number of nitrogens with zero attached hydrogens (tertiary/aromatic N) is 1. The molecular weight excluding hydrogens is 287 g/mol. The largest absolute Gasteiger partial charge is 0.309 e. The maximum Gasteiger partial charge on any atom is 0.129 e.